The smallest absolute Gasteiger partial charge is 0.345 e. The number of fused-ring (bicyclic) bond motifs is 1. The normalized spacial score (nSPS) is 10.6. The number of anilines is 1. The molecule has 0 amide bonds. The average Bonchev–Trinajstić information content (AvgIpc) is 2.40. The molecule has 1 aromatic carbocycles. The number of para-hydroxylation sites is 1. The monoisotopic (exact) mass is 260 g/mol. The number of benzene rings is 1. The zero-order valence-electron chi connectivity index (χ0n) is 11.0. The van der Waals surface area contributed by atoms with Crippen molar-refractivity contribution in [2.45, 2.75) is 20.4 Å². The number of nitrogens with two attached hydrogens (primary N) is 1. The van der Waals surface area contributed by atoms with Gasteiger partial charge in [0, 0.05) is 11.9 Å². The lowest BCUT2D eigenvalue weighted by molar-refractivity contribution is 0.0525. The van der Waals surface area contributed by atoms with Crippen LogP contribution in [0.15, 0.2) is 29.1 Å². The highest BCUT2D eigenvalue weighted by Gasteiger charge is 2.20. The average molecular weight is 260 g/mol. The zero-order valence-corrected chi connectivity index (χ0v) is 11.0. The number of nitrogens with zero attached hydrogens (tertiary/aromatic N) is 1. The number of carbonyl (C=O) groups is 1. The molecule has 5 heteroatoms. The van der Waals surface area contributed by atoms with E-state index in [4.69, 9.17) is 10.5 Å². The Morgan fingerprint density at radius 2 is 2.00 bits per heavy atom. The summed E-state index contributed by atoms with van der Waals surface area (Å²) < 4.78 is 6.43. The number of ether oxygens (including phenoxy) is 1. The molecule has 0 bridgehead atoms. The van der Waals surface area contributed by atoms with Crippen LogP contribution in [0.2, 0.25) is 0 Å². The summed E-state index contributed by atoms with van der Waals surface area (Å²) in [6, 6.07) is 7.25. The Hall–Kier alpha value is -2.30. The zero-order chi connectivity index (χ0) is 14.0. The first kappa shape index (κ1) is 13.1. The largest absolute Gasteiger partial charge is 0.462 e. The summed E-state index contributed by atoms with van der Waals surface area (Å²) in [6.07, 6.45) is 0. The molecular formula is C14H16N2O3. The second kappa shape index (κ2) is 5.14. The van der Waals surface area contributed by atoms with Gasteiger partial charge in [-0.05, 0) is 19.9 Å². The fourth-order valence-corrected chi connectivity index (χ4v) is 2.15. The quantitative estimate of drug-likeness (QED) is 0.854. The lowest BCUT2D eigenvalue weighted by Gasteiger charge is -2.13. The molecule has 1 heterocycles. The molecule has 0 aliphatic heterocycles. The molecule has 0 saturated heterocycles. The molecule has 0 atom stereocenters. The van der Waals surface area contributed by atoms with Gasteiger partial charge in [-0.2, -0.15) is 0 Å². The number of aryl methyl sites for hydroxylation is 1. The van der Waals surface area contributed by atoms with Crippen molar-refractivity contribution < 1.29 is 9.53 Å². The summed E-state index contributed by atoms with van der Waals surface area (Å²) in [5, 5.41) is 0.687. The van der Waals surface area contributed by atoms with Crippen LogP contribution in [0.3, 0.4) is 0 Å². The van der Waals surface area contributed by atoms with E-state index in [1.165, 1.54) is 4.57 Å². The van der Waals surface area contributed by atoms with Crippen molar-refractivity contribution in [2.75, 3.05) is 12.3 Å². The van der Waals surface area contributed by atoms with Crippen molar-refractivity contribution in [1.82, 2.24) is 4.57 Å². The third-order valence-corrected chi connectivity index (χ3v) is 3.01. The van der Waals surface area contributed by atoms with E-state index in [1.807, 2.05) is 25.1 Å². The minimum atomic E-state index is -0.669. The number of rotatable bonds is 3. The van der Waals surface area contributed by atoms with Gasteiger partial charge in [0.25, 0.3) is 5.56 Å². The summed E-state index contributed by atoms with van der Waals surface area (Å²) in [6.45, 7) is 4.20. The molecule has 2 rings (SSSR count). The van der Waals surface area contributed by atoms with Gasteiger partial charge in [-0.1, -0.05) is 18.2 Å². The summed E-state index contributed by atoms with van der Waals surface area (Å²) in [4.78, 5) is 24.2. The van der Waals surface area contributed by atoms with Crippen molar-refractivity contribution in [3.63, 3.8) is 0 Å². The van der Waals surface area contributed by atoms with E-state index < -0.39 is 11.5 Å². The fourth-order valence-electron chi connectivity index (χ4n) is 2.15. The molecule has 0 aliphatic carbocycles. The van der Waals surface area contributed by atoms with E-state index in [9.17, 15) is 9.59 Å². The fraction of sp³-hybridized carbons (Fsp3) is 0.286. The predicted octanol–water partition coefficient (Wildman–Crippen LogP) is 1.78. The number of carbonyl (C=O) groups excluding carboxylic acids is 1. The Morgan fingerprint density at radius 3 is 2.63 bits per heavy atom. The van der Waals surface area contributed by atoms with E-state index in [1.54, 1.807) is 13.0 Å². The van der Waals surface area contributed by atoms with Gasteiger partial charge in [-0.15, -0.1) is 0 Å². The molecule has 1 aromatic heterocycles. The minimum Gasteiger partial charge on any atom is -0.462 e. The van der Waals surface area contributed by atoms with Crippen LogP contribution in [-0.2, 0) is 11.3 Å². The lowest BCUT2D eigenvalue weighted by Crippen LogP contribution is -2.29. The number of esters is 1. The van der Waals surface area contributed by atoms with E-state index >= 15 is 0 Å². The first-order chi connectivity index (χ1) is 9.11. The van der Waals surface area contributed by atoms with Gasteiger partial charge in [0.15, 0.2) is 0 Å². The Kier molecular flexibility index (Phi) is 3.55. The molecule has 0 spiro atoms. The van der Waals surface area contributed by atoms with Crippen molar-refractivity contribution in [3.05, 3.63) is 40.2 Å². The maximum Gasteiger partial charge on any atom is 0.345 e. The van der Waals surface area contributed by atoms with E-state index in [2.05, 4.69) is 0 Å². The van der Waals surface area contributed by atoms with Crippen molar-refractivity contribution in [1.29, 1.82) is 0 Å². The van der Waals surface area contributed by atoms with Gasteiger partial charge in [0.05, 0.1) is 17.8 Å². The van der Waals surface area contributed by atoms with Gasteiger partial charge < -0.3 is 15.0 Å². The SMILES string of the molecule is CCOC(=O)c1c(N)c2ccccc2n(CC)c1=O. The summed E-state index contributed by atoms with van der Waals surface area (Å²) in [5.74, 6) is -0.669. The number of hydrogen-bond donors (Lipinski definition) is 1. The molecule has 0 unspecified atom stereocenters. The van der Waals surface area contributed by atoms with Gasteiger partial charge in [0.2, 0.25) is 0 Å². The molecule has 100 valence electrons. The van der Waals surface area contributed by atoms with Crippen LogP contribution < -0.4 is 11.3 Å². The first-order valence-corrected chi connectivity index (χ1v) is 6.19. The van der Waals surface area contributed by atoms with Crippen LogP contribution in [0.5, 0.6) is 0 Å². The molecule has 5 nitrogen and oxygen atoms in total. The molecule has 0 fully saturated rings. The maximum atomic E-state index is 12.3. The standard InChI is InChI=1S/C14H16N2O3/c1-3-16-10-8-6-5-7-9(10)12(15)11(13(16)17)14(18)19-4-2/h5-8H,3-4,15H2,1-2H3. The second-order valence-electron chi connectivity index (χ2n) is 4.08. The van der Waals surface area contributed by atoms with Crippen LogP contribution in [0.4, 0.5) is 5.69 Å². The van der Waals surface area contributed by atoms with E-state index in [0.717, 1.165) is 5.52 Å². The van der Waals surface area contributed by atoms with Crippen molar-refractivity contribution >= 4 is 22.6 Å². The second-order valence-corrected chi connectivity index (χ2v) is 4.08. The molecule has 2 N–H and O–H groups in total. The highest BCUT2D eigenvalue weighted by molar-refractivity contribution is 6.04. The topological polar surface area (TPSA) is 74.3 Å². The van der Waals surface area contributed by atoms with Gasteiger partial charge in [-0.3, -0.25) is 4.79 Å². The summed E-state index contributed by atoms with van der Waals surface area (Å²) in [7, 11) is 0. The van der Waals surface area contributed by atoms with Crippen LogP contribution in [0, 0.1) is 0 Å². The highest BCUT2D eigenvalue weighted by atomic mass is 16.5. The minimum absolute atomic E-state index is 0.0811. The van der Waals surface area contributed by atoms with Crippen LogP contribution >= 0.6 is 0 Å². The van der Waals surface area contributed by atoms with Crippen molar-refractivity contribution in [2.24, 2.45) is 0 Å². The molecule has 0 radical (unpaired) electrons. The Bertz CT molecular complexity index is 689. The predicted molar refractivity (Wildman–Crippen MR) is 74.3 cm³/mol. The van der Waals surface area contributed by atoms with Gasteiger partial charge >= 0.3 is 5.97 Å². The molecule has 0 saturated carbocycles. The number of hydrogen-bond acceptors (Lipinski definition) is 4. The number of nitrogen functional groups attached to an aromatic ring is 1. The Morgan fingerprint density at radius 1 is 1.32 bits per heavy atom. The molecule has 19 heavy (non-hydrogen) atoms. The maximum absolute atomic E-state index is 12.3. The van der Waals surface area contributed by atoms with Gasteiger partial charge in [0.1, 0.15) is 5.56 Å². The molecule has 0 aliphatic rings. The lowest BCUT2D eigenvalue weighted by atomic mass is 10.1. The summed E-state index contributed by atoms with van der Waals surface area (Å²) >= 11 is 0. The van der Waals surface area contributed by atoms with E-state index in [0.29, 0.717) is 11.9 Å². The van der Waals surface area contributed by atoms with Crippen LogP contribution in [0.25, 0.3) is 10.9 Å². The summed E-state index contributed by atoms with van der Waals surface area (Å²) in [5.41, 5.74) is 6.38. The third-order valence-electron chi connectivity index (χ3n) is 3.01. The number of aromatic nitrogens is 1. The molecular weight excluding hydrogens is 244 g/mol. The third kappa shape index (κ3) is 2.07. The first-order valence-electron chi connectivity index (χ1n) is 6.19. The van der Waals surface area contributed by atoms with Crippen LogP contribution in [0.1, 0.15) is 24.2 Å². The molecule has 2 aromatic rings. The number of pyridine rings is 1. The van der Waals surface area contributed by atoms with E-state index in [-0.39, 0.29) is 17.9 Å². The van der Waals surface area contributed by atoms with Gasteiger partial charge in [-0.25, -0.2) is 4.79 Å². The highest BCUT2D eigenvalue weighted by Crippen LogP contribution is 2.22. The van der Waals surface area contributed by atoms with Crippen LogP contribution in [-0.4, -0.2) is 17.1 Å². The van der Waals surface area contributed by atoms with Crippen molar-refractivity contribution in [3.8, 4) is 0 Å². The Balaban J connectivity index is 2.85. The Labute approximate surface area is 110 Å².